The van der Waals surface area contributed by atoms with Crippen LogP contribution in [0.4, 0.5) is 5.82 Å². The number of rotatable bonds is 3. The van der Waals surface area contributed by atoms with Gasteiger partial charge >= 0.3 is 0 Å². The zero-order chi connectivity index (χ0) is 18.4. The lowest BCUT2D eigenvalue weighted by Crippen LogP contribution is -2.49. The van der Waals surface area contributed by atoms with Crippen LogP contribution in [0.15, 0.2) is 42.0 Å². The van der Waals surface area contributed by atoms with E-state index >= 15 is 0 Å². The van der Waals surface area contributed by atoms with Crippen LogP contribution in [-0.4, -0.2) is 47.0 Å². The first-order valence-corrected chi connectivity index (χ1v) is 10.4. The summed E-state index contributed by atoms with van der Waals surface area (Å²) in [6.07, 6.45) is 2.63. The molecule has 1 saturated heterocycles. The summed E-state index contributed by atoms with van der Waals surface area (Å²) in [6, 6.07) is 10.5. The number of fused-ring (bicyclic) bond motifs is 1. The largest absolute Gasteiger partial charge is 0.352 e. The van der Waals surface area contributed by atoms with Gasteiger partial charge in [0.25, 0.3) is 0 Å². The number of aryl methyl sites for hydroxylation is 1. The van der Waals surface area contributed by atoms with Crippen molar-refractivity contribution < 1.29 is 4.79 Å². The molecule has 1 amide bonds. The van der Waals surface area contributed by atoms with Crippen LogP contribution in [0.25, 0.3) is 10.2 Å². The average molecular weight is 379 g/mol. The van der Waals surface area contributed by atoms with E-state index < -0.39 is 0 Å². The van der Waals surface area contributed by atoms with Crippen molar-refractivity contribution in [3.05, 3.63) is 53.2 Å². The summed E-state index contributed by atoms with van der Waals surface area (Å²) in [5.41, 5.74) is 3.64. The van der Waals surface area contributed by atoms with Crippen LogP contribution in [0.3, 0.4) is 0 Å². The van der Waals surface area contributed by atoms with Crippen LogP contribution < -0.4 is 4.90 Å². The van der Waals surface area contributed by atoms with E-state index in [1.54, 1.807) is 17.7 Å². The monoisotopic (exact) mass is 378 g/mol. The maximum Gasteiger partial charge on any atom is 0.226 e. The molecule has 138 valence electrons. The van der Waals surface area contributed by atoms with Crippen molar-refractivity contribution in [3.63, 3.8) is 0 Å². The van der Waals surface area contributed by atoms with Crippen LogP contribution in [-0.2, 0) is 4.79 Å². The summed E-state index contributed by atoms with van der Waals surface area (Å²) in [7, 11) is 0. The number of hydrogen-bond acceptors (Lipinski definition) is 5. The molecule has 6 heteroatoms. The highest BCUT2D eigenvalue weighted by atomic mass is 32.1. The minimum absolute atomic E-state index is 0.167. The van der Waals surface area contributed by atoms with E-state index in [4.69, 9.17) is 0 Å². The first kappa shape index (κ1) is 16.7. The minimum atomic E-state index is 0.167. The molecule has 2 atom stereocenters. The second-order valence-corrected chi connectivity index (χ2v) is 8.37. The third-order valence-corrected chi connectivity index (χ3v) is 6.71. The van der Waals surface area contributed by atoms with Gasteiger partial charge in [-0.3, -0.25) is 4.79 Å². The summed E-state index contributed by atoms with van der Waals surface area (Å²) < 4.78 is 1.14. The minimum Gasteiger partial charge on any atom is -0.352 e. The van der Waals surface area contributed by atoms with Gasteiger partial charge in [0.15, 0.2) is 0 Å². The molecule has 0 bridgehead atoms. The van der Waals surface area contributed by atoms with Gasteiger partial charge in [-0.1, -0.05) is 24.3 Å². The van der Waals surface area contributed by atoms with Crippen LogP contribution >= 0.6 is 11.3 Å². The normalized spacial score (nSPS) is 22.3. The van der Waals surface area contributed by atoms with Gasteiger partial charge in [-0.15, -0.1) is 11.3 Å². The SMILES string of the molecule is Cc1ccccc1C1CC1C(=O)N1CCN(c2ncnc3ccsc23)CC1. The van der Waals surface area contributed by atoms with Crippen molar-refractivity contribution in [2.45, 2.75) is 19.3 Å². The molecule has 2 unspecified atom stereocenters. The molecule has 1 aliphatic carbocycles. The standard InChI is InChI=1S/C21H22N4OS/c1-14-4-2-3-5-15(14)16-12-17(16)21(26)25-9-7-24(8-10-25)20-19-18(6-11-27-19)22-13-23-20/h2-6,11,13,16-17H,7-10,12H2,1H3. The smallest absolute Gasteiger partial charge is 0.226 e. The Hall–Kier alpha value is -2.47. The molecule has 27 heavy (non-hydrogen) atoms. The molecule has 5 nitrogen and oxygen atoms in total. The topological polar surface area (TPSA) is 49.3 Å². The molecule has 0 spiro atoms. The Bertz CT molecular complexity index is 993. The Balaban J connectivity index is 1.24. The van der Waals surface area contributed by atoms with Gasteiger partial charge in [-0.25, -0.2) is 9.97 Å². The molecule has 0 N–H and O–H groups in total. The fraction of sp³-hybridized carbons (Fsp3) is 0.381. The fourth-order valence-electron chi connectivity index (χ4n) is 4.19. The number of carbonyl (C=O) groups is 1. The lowest BCUT2D eigenvalue weighted by Gasteiger charge is -2.35. The summed E-state index contributed by atoms with van der Waals surface area (Å²) in [6.45, 7) is 5.34. The van der Waals surface area contributed by atoms with E-state index in [1.165, 1.54) is 11.1 Å². The Morgan fingerprint density at radius 2 is 1.93 bits per heavy atom. The number of carbonyl (C=O) groups excluding carboxylic acids is 1. The number of piperazine rings is 1. The van der Waals surface area contributed by atoms with Crippen LogP contribution in [0.2, 0.25) is 0 Å². The van der Waals surface area contributed by atoms with Crippen molar-refractivity contribution in [2.75, 3.05) is 31.1 Å². The van der Waals surface area contributed by atoms with E-state index in [0.717, 1.165) is 48.6 Å². The van der Waals surface area contributed by atoms with Crippen molar-refractivity contribution in [3.8, 4) is 0 Å². The van der Waals surface area contributed by atoms with Crippen molar-refractivity contribution in [1.82, 2.24) is 14.9 Å². The van der Waals surface area contributed by atoms with Crippen LogP contribution in [0.1, 0.15) is 23.5 Å². The highest BCUT2D eigenvalue weighted by Gasteiger charge is 2.46. The Kier molecular flexibility index (Phi) is 4.08. The second kappa shape index (κ2) is 6.60. The molecule has 3 heterocycles. The lowest BCUT2D eigenvalue weighted by atomic mass is 10.0. The maximum absolute atomic E-state index is 13.0. The van der Waals surface area contributed by atoms with E-state index in [0.29, 0.717) is 11.8 Å². The van der Waals surface area contributed by atoms with Gasteiger partial charge < -0.3 is 9.80 Å². The highest BCUT2D eigenvalue weighted by Crippen LogP contribution is 2.49. The molecule has 2 fully saturated rings. The van der Waals surface area contributed by atoms with E-state index in [2.05, 4.69) is 51.4 Å². The molecule has 0 radical (unpaired) electrons. The molecule has 5 rings (SSSR count). The van der Waals surface area contributed by atoms with Crippen molar-refractivity contribution in [1.29, 1.82) is 0 Å². The molecule has 1 saturated carbocycles. The predicted molar refractivity (Wildman–Crippen MR) is 108 cm³/mol. The number of hydrogen-bond donors (Lipinski definition) is 0. The van der Waals surface area contributed by atoms with Crippen molar-refractivity contribution in [2.24, 2.45) is 5.92 Å². The van der Waals surface area contributed by atoms with Crippen LogP contribution in [0, 0.1) is 12.8 Å². The van der Waals surface area contributed by atoms with Gasteiger partial charge in [0.2, 0.25) is 5.91 Å². The van der Waals surface area contributed by atoms with Gasteiger partial charge in [0.05, 0.1) is 10.2 Å². The quantitative estimate of drug-likeness (QED) is 0.700. The highest BCUT2D eigenvalue weighted by molar-refractivity contribution is 7.17. The first-order chi connectivity index (χ1) is 13.2. The molecule has 2 aromatic heterocycles. The van der Waals surface area contributed by atoms with Gasteiger partial charge in [-0.05, 0) is 41.8 Å². The number of thiophene rings is 1. The molecular formula is C21H22N4OS. The summed E-state index contributed by atoms with van der Waals surface area (Å²) >= 11 is 1.68. The number of benzene rings is 1. The maximum atomic E-state index is 13.0. The van der Waals surface area contributed by atoms with Crippen molar-refractivity contribution >= 4 is 33.3 Å². The van der Waals surface area contributed by atoms with Gasteiger partial charge in [-0.2, -0.15) is 0 Å². The summed E-state index contributed by atoms with van der Waals surface area (Å²) in [5, 5.41) is 2.06. The van der Waals surface area contributed by atoms with E-state index in [9.17, 15) is 4.79 Å². The van der Waals surface area contributed by atoms with Crippen LogP contribution in [0.5, 0.6) is 0 Å². The number of anilines is 1. The zero-order valence-corrected chi connectivity index (χ0v) is 16.2. The number of nitrogens with zero attached hydrogens (tertiary/aromatic N) is 4. The summed E-state index contributed by atoms with van der Waals surface area (Å²) in [4.78, 5) is 26.1. The van der Waals surface area contributed by atoms with Gasteiger partial charge in [0, 0.05) is 32.1 Å². The second-order valence-electron chi connectivity index (χ2n) is 7.45. The molecule has 1 aliphatic heterocycles. The predicted octanol–water partition coefficient (Wildman–Crippen LogP) is 3.45. The Morgan fingerprint density at radius 1 is 1.11 bits per heavy atom. The Morgan fingerprint density at radius 3 is 2.74 bits per heavy atom. The molecule has 1 aromatic carbocycles. The Labute approximate surface area is 162 Å². The van der Waals surface area contributed by atoms with Gasteiger partial charge in [0.1, 0.15) is 12.1 Å². The first-order valence-electron chi connectivity index (χ1n) is 9.50. The summed E-state index contributed by atoms with van der Waals surface area (Å²) in [5.74, 6) is 1.91. The number of amides is 1. The zero-order valence-electron chi connectivity index (χ0n) is 15.3. The third-order valence-electron chi connectivity index (χ3n) is 5.81. The molecular weight excluding hydrogens is 356 g/mol. The number of aromatic nitrogens is 2. The molecule has 2 aliphatic rings. The fourth-order valence-corrected chi connectivity index (χ4v) is 5.05. The lowest BCUT2D eigenvalue weighted by molar-refractivity contribution is -0.132. The van der Waals surface area contributed by atoms with E-state index in [-0.39, 0.29) is 5.92 Å². The molecule has 3 aromatic rings. The van der Waals surface area contributed by atoms with E-state index in [1.807, 2.05) is 11.0 Å². The third kappa shape index (κ3) is 2.98. The average Bonchev–Trinajstić information content (AvgIpc) is 3.34.